The quantitative estimate of drug-likeness (QED) is 0.675. The molecule has 0 saturated heterocycles. The van der Waals surface area contributed by atoms with Crippen LogP contribution in [0.2, 0.25) is 0 Å². The van der Waals surface area contributed by atoms with Gasteiger partial charge >= 0.3 is 0 Å². The molecule has 0 unspecified atom stereocenters. The van der Waals surface area contributed by atoms with Crippen LogP contribution in [0.5, 0.6) is 11.5 Å². The van der Waals surface area contributed by atoms with Gasteiger partial charge in [0.1, 0.15) is 0 Å². The summed E-state index contributed by atoms with van der Waals surface area (Å²) in [6.45, 7) is 9.61. The van der Waals surface area contributed by atoms with Crippen LogP contribution in [-0.4, -0.2) is 42.7 Å². The van der Waals surface area contributed by atoms with Crippen LogP contribution in [0.25, 0.3) is 0 Å². The van der Waals surface area contributed by atoms with E-state index in [-0.39, 0.29) is 6.79 Å². The first-order chi connectivity index (χ1) is 13.5. The Kier molecular flexibility index (Phi) is 7.31. The third-order valence-corrected chi connectivity index (χ3v) is 4.60. The van der Waals surface area contributed by atoms with E-state index in [0.29, 0.717) is 32.2 Å². The monoisotopic (exact) mass is 385 g/mol. The van der Waals surface area contributed by atoms with Crippen LogP contribution in [0.3, 0.4) is 0 Å². The number of aliphatic hydroxyl groups is 1. The van der Waals surface area contributed by atoms with Gasteiger partial charge in [0, 0.05) is 26.2 Å². The Morgan fingerprint density at radius 3 is 2.39 bits per heavy atom. The molecular weight excluding hydrogens is 354 g/mol. The summed E-state index contributed by atoms with van der Waals surface area (Å²) in [5.41, 5.74) is 3.60. The molecule has 0 aliphatic carbocycles. The molecule has 0 saturated carbocycles. The van der Waals surface area contributed by atoms with E-state index in [9.17, 15) is 5.11 Å². The van der Waals surface area contributed by atoms with E-state index in [1.54, 1.807) is 0 Å². The maximum Gasteiger partial charge on any atom is 0.231 e. The summed E-state index contributed by atoms with van der Waals surface area (Å²) < 4.78 is 16.5. The van der Waals surface area contributed by atoms with Crippen LogP contribution in [0, 0.1) is 12.8 Å². The largest absolute Gasteiger partial charge is 0.454 e. The second-order valence-corrected chi connectivity index (χ2v) is 7.93. The number of rotatable bonds is 10. The highest BCUT2D eigenvalue weighted by Crippen LogP contribution is 2.33. The van der Waals surface area contributed by atoms with Gasteiger partial charge in [-0.15, -0.1) is 0 Å². The molecule has 28 heavy (non-hydrogen) atoms. The van der Waals surface area contributed by atoms with Crippen molar-refractivity contribution in [2.75, 3.05) is 26.6 Å². The van der Waals surface area contributed by atoms with Crippen molar-refractivity contribution in [2.24, 2.45) is 5.92 Å². The van der Waals surface area contributed by atoms with E-state index in [1.165, 1.54) is 11.1 Å². The van der Waals surface area contributed by atoms with Crippen LogP contribution in [0.4, 0.5) is 0 Å². The summed E-state index contributed by atoms with van der Waals surface area (Å²) in [6.07, 6.45) is -0.529. The lowest BCUT2D eigenvalue weighted by molar-refractivity contribution is 0.00554. The van der Waals surface area contributed by atoms with Crippen LogP contribution < -0.4 is 9.47 Å². The summed E-state index contributed by atoms with van der Waals surface area (Å²) in [7, 11) is 0. The average Bonchev–Trinajstić information content (AvgIpc) is 3.11. The lowest BCUT2D eigenvalue weighted by atomic mass is 10.1. The highest BCUT2D eigenvalue weighted by atomic mass is 16.7. The molecule has 2 aromatic rings. The number of hydrogen-bond donors (Lipinski definition) is 1. The first kappa shape index (κ1) is 20.6. The number of hydrogen-bond acceptors (Lipinski definition) is 5. The molecule has 0 spiro atoms. The summed E-state index contributed by atoms with van der Waals surface area (Å²) in [6, 6.07) is 14.5. The Labute approximate surface area is 167 Å². The zero-order chi connectivity index (χ0) is 19.9. The molecule has 1 heterocycles. The molecule has 0 amide bonds. The number of ether oxygens (including phenoxy) is 3. The molecular formula is C23H31NO4. The molecule has 1 aliphatic rings. The van der Waals surface area contributed by atoms with Gasteiger partial charge in [-0.2, -0.15) is 0 Å². The maximum atomic E-state index is 10.5. The van der Waals surface area contributed by atoms with E-state index in [2.05, 4.69) is 56.0 Å². The molecule has 1 N–H and O–H groups in total. The number of fused-ring (bicyclic) bond motifs is 1. The first-order valence-corrected chi connectivity index (χ1v) is 9.92. The number of aliphatic hydroxyl groups excluding tert-OH is 1. The standard InChI is InChI=1S/C23H31NO4/c1-17(2)14-26-15-21(25)13-24(11-19-6-4-18(3)5-7-19)12-20-8-9-22-23(10-20)28-16-27-22/h4-10,17,21,25H,11-16H2,1-3H3/t21-/m0/s1. The highest BCUT2D eigenvalue weighted by molar-refractivity contribution is 5.44. The van der Waals surface area contributed by atoms with Crippen molar-refractivity contribution < 1.29 is 19.3 Å². The van der Waals surface area contributed by atoms with Crippen molar-refractivity contribution in [2.45, 2.75) is 40.0 Å². The van der Waals surface area contributed by atoms with Gasteiger partial charge in [0.05, 0.1) is 12.7 Å². The predicted octanol–water partition coefficient (Wildman–Crippen LogP) is 3.76. The lowest BCUT2D eigenvalue weighted by Crippen LogP contribution is -2.34. The van der Waals surface area contributed by atoms with Crippen molar-refractivity contribution in [1.29, 1.82) is 0 Å². The molecule has 5 heteroatoms. The van der Waals surface area contributed by atoms with Crippen molar-refractivity contribution >= 4 is 0 Å². The minimum Gasteiger partial charge on any atom is -0.454 e. The minimum absolute atomic E-state index is 0.276. The topological polar surface area (TPSA) is 51.2 Å². The fourth-order valence-corrected chi connectivity index (χ4v) is 3.22. The van der Waals surface area contributed by atoms with E-state index < -0.39 is 6.10 Å². The van der Waals surface area contributed by atoms with Gasteiger partial charge in [0.15, 0.2) is 11.5 Å². The summed E-state index contributed by atoms with van der Waals surface area (Å²) in [5.74, 6) is 2.04. The molecule has 0 radical (unpaired) electrons. The Bertz CT molecular complexity index is 745. The van der Waals surface area contributed by atoms with Gasteiger partial charge < -0.3 is 19.3 Å². The van der Waals surface area contributed by atoms with Gasteiger partial charge in [0.2, 0.25) is 6.79 Å². The molecule has 3 rings (SSSR count). The minimum atomic E-state index is -0.529. The molecule has 2 aromatic carbocycles. The Morgan fingerprint density at radius 2 is 1.64 bits per heavy atom. The van der Waals surface area contributed by atoms with Crippen LogP contribution in [0.15, 0.2) is 42.5 Å². The van der Waals surface area contributed by atoms with E-state index in [1.807, 2.05) is 12.1 Å². The zero-order valence-corrected chi connectivity index (χ0v) is 17.1. The molecule has 5 nitrogen and oxygen atoms in total. The molecule has 0 aromatic heterocycles. The predicted molar refractivity (Wildman–Crippen MR) is 110 cm³/mol. The van der Waals surface area contributed by atoms with Crippen LogP contribution in [0.1, 0.15) is 30.5 Å². The van der Waals surface area contributed by atoms with Gasteiger partial charge in [-0.1, -0.05) is 49.7 Å². The van der Waals surface area contributed by atoms with Gasteiger partial charge in [-0.3, -0.25) is 4.90 Å². The fourth-order valence-electron chi connectivity index (χ4n) is 3.22. The van der Waals surface area contributed by atoms with Crippen molar-refractivity contribution in [3.63, 3.8) is 0 Å². The fraction of sp³-hybridized carbons (Fsp3) is 0.478. The smallest absolute Gasteiger partial charge is 0.231 e. The number of nitrogens with zero attached hydrogens (tertiary/aromatic N) is 1. The van der Waals surface area contributed by atoms with Crippen molar-refractivity contribution in [3.8, 4) is 11.5 Å². The SMILES string of the molecule is Cc1ccc(CN(Cc2ccc3c(c2)OCO3)C[C@H](O)COCC(C)C)cc1. The Morgan fingerprint density at radius 1 is 0.964 bits per heavy atom. The third-order valence-electron chi connectivity index (χ3n) is 4.60. The third kappa shape index (κ3) is 6.23. The van der Waals surface area contributed by atoms with Gasteiger partial charge in [0.25, 0.3) is 0 Å². The summed E-state index contributed by atoms with van der Waals surface area (Å²) in [5, 5.41) is 10.5. The van der Waals surface area contributed by atoms with Gasteiger partial charge in [-0.05, 0) is 36.1 Å². The van der Waals surface area contributed by atoms with Crippen LogP contribution >= 0.6 is 0 Å². The molecule has 152 valence electrons. The van der Waals surface area contributed by atoms with Crippen LogP contribution in [-0.2, 0) is 17.8 Å². The second-order valence-electron chi connectivity index (χ2n) is 7.93. The Hall–Kier alpha value is -2.08. The maximum absolute atomic E-state index is 10.5. The highest BCUT2D eigenvalue weighted by Gasteiger charge is 2.17. The number of aryl methyl sites for hydroxylation is 1. The normalized spacial score (nSPS) is 14.1. The van der Waals surface area contributed by atoms with E-state index in [0.717, 1.165) is 23.6 Å². The number of benzene rings is 2. The summed E-state index contributed by atoms with van der Waals surface area (Å²) in [4.78, 5) is 2.24. The van der Waals surface area contributed by atoms with Crippen molar-refractivity contribution in [1.82, 2.24) is 4.90 Å². The first-order valence-electron chi connectivity index (χ1n) is 9.92. The molecule has 0 bridgehead atoms. The lowest BCUT2D eigenvalue weighted by Gasteiger charge is -2.25. The average molecular weight is 386 g/mol. The molecule has 1 aliphatic heterocycles. The van der Waals surface area contributed by atoms with Crippen molar-refractivity contribution in [3.05, 3.63) is 59.2 Å². The van der Waals surface area contributed by atoms with E-state index in [4.69, 9.17) is 14.2 Å². The van der Waals surface area contributed by atoms with E-state index >= 15 is 0 Å². The summed E-state index contributed by atoms with van der Waals surface area (Å²) >= 11 is 0. The molecule has 0 fully saturated rings. The van der Waals surface area contributed by atoms with Gasteiger partial charge in [-0.25, -0.2) is 0 Å². The molecule has 1 atom stereocenters. The zero-order valence-electron chi connectivity index (χ0n) is 17.1. The second kappa shape index (κ2) is 9.92. The Balaban J connectivity index is 1.65.